The molecule has 0 unspecified atom stereocenters. The van der Waals surface area contributed by atoms with Crippen LogP contribution in [0.4, 0.5) is 0 Å². The van der Waals surface area contributed by atoms with E-state index < -0.39 is 5.97 Å². The highest BCUT2D eigenvalue weighted by molar-refractivity contribution is 9.10. The molecule has 0 aromatic heterocycles. The molecule has 0 amide bonds. The van der Waals surface area contributed by atoms with Crippen LogP contribution in [-0.2, 0) is 11.2 Å². The zero-order valence-electron chi connectivity index (χ0n) is 7.79. The van der Waals surface area contributed by atoms with Crippen molar-refractivity contribution in [2.45, 2.75) is 12.8 Å². The topological polar surface area (TPSA) is 60.4 Å². The zero-order chi connectivity index (χ0) is 11.0. The van der Waals surface area contributed by atoms with Crippen LogP contribution >= 0.6 is 15.9 Å². The van der Waals surface area contributed by atoms with Crippen molar-refractivity contribution in [3.8, 4) is 0 Å². The second-order valence-corrected chi connectivity index (χ2v) is 4.22. The van der Waals surface area contributed by atoms with Gasteiger partial charge in [0.15, 0.2) is 0 Å². The molecule has 78 valence electrons. The Hall–Kier alpha value is -1.29. The van der Waals surface area contributed by atoms with Gasteiger partial charge in [0.05, 0.1) is 5.57 Å². The number of hydrogen-bond acceptors (Lipinski definition) is 2. The fraction of sp³-hybridized carbons (Fsp3) is 0.182. The Morgan fingerprint density at radius 2 is 2.13 bits per heavy atom. The highest BCUT2D eigenvalue weighted by Gasteiger charge is 2.20. The van der Waals surface area contributed by atoms with E-state index in [1.165, 1.54) is 0 Å². The second kappa shape index (κ2) is 3.70. The average molecular weight is 268 g/mol. The number of allylic oxidation sites excluding steroid dienone is 1. The predicted molar refractivity (Wildman–Crippen MR) is 57.0 cm³/mol. The van der Waals surface area contributed by atoms with E-state index in [0.29, 0.717) is 12.0 Å². The van der Waals surface area contributed by atoms with Crippen molar-refractivity contribution in [3.63, 3.8) is 0 Å². The summed E-state index contributed by atoms with van der Waals surface area (Å²) in [5.41, 5.74) is 1.38. The van der Waals surface area contributed by atoms with Crippen LogP contribution in [0.2, 0.25) is 0 Å². The lowest BCUT2D eigenvalue weighted by atomic mass is 9.90. The van der Waals surface area contributed by atoms with Crippen LogP contribution in [0, 0.1) is 0 Å². The SMILES string of the molecule is O=C(O)C1=C([O-])CCc2c(Br)cccc21. The van der Waals surface area contributed by atoms with E-state index >= 15 is 0 Å². The molecule has 0 bridgehead atoms. The molecule has 0 heterocycles. The van der Waals surface area contributed by atoms with E-state index in [1.54, 1.807) is 12.1 Å². The molecule has 2 rings (SSSR count). The lowest BCUT2D eigenvalue weighted by Gasteiger charge is -2.25. The normalized spacial score (nSPS) is 15.0. The molecule has 0 radical (unpaired) electrons. The van der Waals surface area contributed by atoms with Gasteiger partial charge >= 0.3 is 5.97 Å². The number of rotatable bonds is 1. The summed E-state index contributed by atoms with van der Waals surface area (Å²) in [6, 6.07) is 5.28. The summed E-state index contributed by atoms with van der Waals surface area (Å²) < 4.78 is 0.867. The minimum atomic E-state index is -1.14. The highest BCUT2D eigenvalue weighted by atomic mass is 79.9. The summed E-state index contributed by atoms with van der Waals surface area (Å²) in [5, 5.41) is 20.4. The standard InChI is InChI=1S/C11H9BrO3/c12-8-3-1-2-7-6(8)4-5-9(13)10(7)11(14)15/h1-3,13H,4-5H2,(H,14,15)/p-1. The quantitative estimate of drug-likeness (QED) is 0.840. The Kier molecular flexibility index (Phi) is 2.52. The van der Waals surface area contributed by atoms with Gasteiger partial charge < -0.3 is 10.2 Å². The second-order valence-electron chi connectivity index (χ2n) is 3.37. The summed E-state index contributed by atoms with van der Waals surface area (Å²) >= 11 is 3.36. The monoisotopic (exact) mass is 267 g/mol. The van der Waals surface area contributed by atoms with E-state index in [4.69, 9.17) is 5.11 Å². The number of carbonyl (C=O) groups is 1. The Labute approximate surface area is 95.2 Å². The molecule has 1 N–H and O–H groups in total. The van der Waals surface area contributed by atoms with Crippen LogP contribution in [0.3, 0.4) is 0 Å². The van der Waals surface area contributed by atoms with E-state index in [2.05, 4.69) is 15.9 Å². The Morgan fingerprint density at radius 3 is 2.80 bits per heavy atom. The van der Waals surface area contributed by atoms with Crippen LogP contribution in [0.25, 0.3) is 5.57 Å². The molecule has 4 heteroatoms. The fourth-order valence-corrected chi connectivity index (χ4v) is 2.36. The molecular formula is C11H8BrO3-. The van der Waals surface area contributed by atoms with Gasteiger partial charge in [0.2, 0.25) is 0 Å². The molecule has 0 atom stereocenters. The van der Waals surface area contributed by atoms with Crippen molar-refractivity contribution in [1.29, 1.82) is 0 Å². The molecule has 1 aliphatic rings. The third-order valence-electron chi connectivity index (χ3n) is 2.48. The number of carboxylic acid groups (broad SMARTS) is 1. The first-order valence-electron chi connectivity index (χ1n) is 4.52. The molecule has 3 nitrogen and oxygen atoms in total. The third-order valence-corrected chi connectivity index (χ3v) is 3.23. The average Bonchev–Trinajstić information content (AvgIpc) is 2.17. The maximum atomic E-state index is 11.5. The maximum absolute atomic E-state index is 11.5. The molecule has 0 saturated carbocycles. The first-order chi connectivity index (χ1) is 7.11. The number of benzene rings is 1. The minimum absolute atomic E-state index is 0.0856. The maximum Gasteiger partial charge on any atom is 0.335 e. The lowest BCUT2D eigenvalue weighted by Crippen LogP contribution is -2.19. The van der Waals surface area contributed by atoms with Crippen molar-refractivity contribution < 1.29 is 15.0 Å². The Morgan fingerprint density at radius 1 is 1.40 bits per heavy atom. The third kappa shape index (κ3) is 1.65. The van der Waals surface area contributed by atoms with E-state index in [-0.39, 0.29) is 17.8 Å². The van der Waals surface area contributed by atoms with Gasteiger partial charge in [0.1, 0.15) is 0 Å². The molecule has 0 saturated heterocycles. The molecule has 1 aromatic rings. The van der Waals surface area contributed by atoms with Gasteiger partial charge in [-0.3, -0.25) is 0 Å². The molecule has 0 fully saturated rings. The van der Waals surface area contributed by atoms with Gasteiger partial charge in [-0.1, -0.05) is 28.1 Å². The van der Waals surface area contributed by atoms with Gasteiger partial charge in [-0.2, -0.15) is 0 Å². The van der Waals surface area contributed by atoms with Gasteiger partial charge in [-0.15, -0.1) is 5.76 Å². The summed E-state index contributed by atoms with van der Waals surface area (Å²) in [4.78, 5) is 11.0. The van der Waals surface area contributed by atoms with Crippen molar-refractivity contribution in [3.05, 3.63) is 39.6 Å². The van der Waals surface area contributed by atoms with Gasteiger partial charge in [-0.25, -0.2) is 4.79 Å². The van der Waals surface area contributed by atoms with Gasteiger partial charge in [0.25, 0.3) is 0 Å². The molecule has 0 aliphatic heterocycles. The van der Waals surface area contributed by atoms with E-state index in [9.17, 15) is 9.90 Å². The van der Waals surface area contributed by atoms with Gasteiger partial charge in [-0.05, 0) is 30.0 Å². The summed E-state index contributed by atoms with van der Waals surface area (Å²) in [6.45, 7) is 0. The van der Waals surface area contributed by atoms with Crippen LogP contribution in [0.5, 0.6) is 0 Å². The van der Waals surface area contributed by atoms with Crippen LogP contribution in [-0.4, -0.2) is 11.1 Å². The number of carboxylic acids is 1. The summed E-state index contributed by atoms with van der Waals surface area (Å²) in [5.74, 6) is -1.42. The van der Waals surface area contributed by atoms with Crippen LogP contribution in [0.1, 0.15) is 17.5 Å². The smallest absolute Gasteiger partial charge is 0.335 e. The molecule has 15 heavy (non-hydrogen) atoms. The van der Waals surface area contributed by atoms with E-state index in [0.717, 1.165) is 10.0 Å². The van der Waals surface area contributed by atoms with E-state index in [1.807, 2.05) is 6.07 Å². The first kappa shape index (κ1) is 10.2. The fourth-order valence-electron chi connectivity index (χ4n) is 1.80. The number of aliphatic carboxylic acids is 1. The Bertz CT molecular complexity index is 463. The number of hydrogen-bond donors (Lipinski definition) is 1. The molecule has 0 spiro atoms. The number of fused-ring (bicyclic) bond motifs is 1. The molecule has 1 aromatic carbocycles. The highest BCUT2D eigenvalue weighted by Crippen LogP contribution is 2.33. The van der Waals surface area contributed by atoms with Crippen LogP contribution in [0.15, 0.2) is 28.4 Å². The van der Waals surface area contributed by atoms with Crippen LogP contribution < -0.4 is 5.11 Å². The van der Waals surface area contributed by atoms with Crippen molar-refractivity contribution in [2.75, 3.05) is 0 Å². The summed E-state index contributed by atoms with van der Waals surface area (Å²) in [7, 11) is 0. The first-order valence-corrected chi connectivity index (χ1v) is 5.31. The predicted octanol–water partition coefficient (Wildman–Crippen LogP) is 1.55. The van der Waals surface area contributed by atoms with Crippen molar-refractivity contribution in [1.82, 2.24) is 0 Å². The van der Waals surface area contributed by atoms with Gasteiger partial charge in [0, 0.05) is 4.47 Å². The summed E-state index contributed by atoms with van der Waals surface area (Å²) in [6.07, 6.45) is 0.879. The largest absolute Gasteiger partial charge is 0.875 e. The van der Waals surface area contributed by atoms with Crippen molar-refractivity contribution in [2.24, 2.45) is 0 Å². The molecule has 1 aliphatic carbocycles. The number of halogens is 1. The Balaban J connectivity index is 2.67. The lowest BCUT2D eigenvalue weighted by molar-refractivity contribution is -0.305. The minimum Gasteiger partial charge on any atom is -0.875 e. The van der Waals surface area contributed by atoms with Crippen molar-refractivity contribution >= 4 is 27.5 Å². The molecular weight excluding hydrogens is 260 g/mol. The zero-order valence-corrected chi connectivity index (χ0v) is 9.37.